The van der Waals surface area contributed by atoms with Gasteiger partial charge in [-0.1, -0.05) is 30.3 Å². The first-order valence-electron chi connectivity index (χ1n) is 4.60. The first-order chi connectivity index (χ1) is 6.90. The fraction of sp³-hybridized carbons (Fsp3) is 0.182. The van der Waals surface area contributed by atoms with Crippen LogP contribution < -0.4 is 0 Å². The van der Waals surface area contributed by atoms with Crippen molar-refractivity contribution in [3.8, 4) is 11.3 Å². The normalized spacial score (nSPS) is 10.4. The van der Waals surface area contributed by atoms with Crippen LogP contribution in [0.25, 0.3) is 11.3 Å². The van der Waals surface area contributed by atoms with Crippen LogP contribution in [0.5, 0.6) is 0 Å². The molecule has 0 fully saturated rings. The van der Waals surface area contributed by atoms with E-state index in [1.807, 2.05) is 42.6 Å². The molecule has 0 amide bonds. The SMILES string of the molecule is OCCn1ccc(-c2ccccc2)n1. The summed E-state index contributed by atoms with van der Waals surface area (Å²) in [5, 5.41) is 13.1. The van der Waals surface area contributed by atoms with Crippen molar-refractivity contribution in [1.82, 2.24) is 9.78 Å². The fourth-order valence-corrected chi connectivity index (χ4v) is 1.35. The molecular formula is C11H12N2O. The molecule has 1 heterocycles. The average molecular weight is 188 g/mol. The van der Waals surface area contributed by atoms with Crippen LogP contribution in [-0.2, 0) is 6.54 Å². The lowest BCUT2D eigenvalue weighted by Crippen LogP contribution is -2.02. The van der Waals surface area contributed by atoms with E-state index in [1.54, 1.807) is 4.68 Å². The van der Waals surface area contributed by atoms with Gasteiger partial charge in [-0.05, 0) is 6.07 Å². The minimum atomic E-state index is 0.121. The maximum atomic E-state index is 8.74. The van der Waals surface area contributed by atoms with E-state index in [0.717, 1.165) is 11.3 Å². The van der Waals surface area contributed by atoms with Crippen LogP contribution in [-0.4, -0.2) is 21.5 Å². The first-order valence-corrected chi connectivity index (χ1v) is 4.60. The molecule has 0 unspecified atom stereocenters. The van der Waals surface area contributed by atoms with Gasteiger partial charge in [0.2, 0.25) is 0 Å². The number of benzene rings is 1. The van der Waals surface area contributed by atoms with Crippen molar-refractivity contribution >= 4 is 0 Å². The lowest BCUT2D eigenvalue weighted by Gasteiger charge is -1.96. The highest BCUT2D eigenvalue weighted by molar-refractivity contribution is 5.57. The van der Waals surface area contributed by atoms with Crippen molar-refractivity contribution in [2.45, 2.75) is 6.54 Å². The van der Waals surface area contributed by atoms with Crippen molar-refractivity contribution in [3.63, 3.8) is 0 Å². The van der Waals surface area contributed by atoms with Crippen molar-refractivity contribution in [2.24, 2.45) is 0 Å². The Hall–Kier alpha value is -1.61. The van der Waals surface area contributed by atoms with Crippen LogP contribution in [0.15, 0.2) is 42.6 Å². The van der Waals surface area contributed by atoms with Gasteiger partial charge in [-0.25, -0.2) is 0 Å². The Balaban J connectivity index is 2.25. The van der Waals surface area contributed by atoms with Crippen LogP contribution in [0.2, 0.25) is 0 Å². The summed E-state index contributed by atoms with van der Waals surface area (Å²) in [7, 11) is 0. The highest BCUT2D eigenvalue weighted by Crippen LogP contribution is 2.15. The molecule has 1 N–H and O–H groups in total. The lowest BCUT2D eigenvalue weighted by molar-refractivity contribution is 0.269. The van der Waals surface area contributed by atoms with Gasteiger partial charge in [-0.2, -0.15) is 5.10 Å². The predicted octanol–water partition coefficient (Wildman–Crippen LogP) is 1.54. The minimum absolute atomic E-state index is 0.121. The summed E-state index contributed by atoms with van der Waals surface area (Å²) in [6, 6.07) is 11.9. The highest BCUT2D eigenvalue weighted by Gasteiger charge is 2.00. The van der Waals surface area contributed by atoms with Crippen molar-refractivity contribution in [1.29, 1.82) is 0 Å². The Kier molecular flexibility index (Phi) is 2.60. The molecule has 3 heteroatoms. The summed E-state index contributed by atoms with van der Waals surface area (Å²) in [6.07, 6.45) is 1.87. The number of hydrogen-bond acceptors (Lipinski definition) is 2. The first kappa shape index (κ1) is 8.97. The number of aliphatic hydroxyl groups is 1. The predicted molar refractivity (Wildman–Crippen MR) is 54.7 cm³/mol. The number of nitrogens with zero attached hydrogens (tertiary/aromatic N) is 2. The zero-order valence-corrected chi connectivity index (χ0v) is 7.80. The molecule has 72 valence electrons. The van der Waals surface area contributed by atoms with E-state index in [4.69, 9.17) is 5.11 Å². The van der Waals surface area contributed by atoms with Gasteiger partial charge in [0.05, 0.1) is 18.8 Å². The fourth-order valence-electron chi connectivity index (χ4n) is 1.35. The maximum absolute atomic E-state index is 8.74. The third kappa shape index (κ3) is 1.83. The second-order valence-corrected chi connectivity index (χ2v) is 3.05. The van der Waals surface area contributed by atoms with Crippen LogP contribution in [0.3, 0.4) is 0 Å². The van der Waals surface area contributed by atoms with Gasteiger partial charge in [-0.3, -0.25) is 4.68 Å². The van der Waals surface area contributed by atoms with Gasteiger partial charge in [0.15, 0.2) is 0 Å². The molecule has 0 bridgehead atoms. The third-order valence-corrected chi connectivity index (χ3v) is 2.04. The average Bonchev–Trinajstić information content (AvgIpc) is 2.68. The second-order valence-electron chi connectivity index (χ2n) is 3.05. The zero-order chi connectivity index (χ0) is 9.80. The van der Waals surface area contributed by atoms with E-state index < -0.39 is 0 Å². The largest absolute Gasteiger partial charge is 0.394 e. The number of rotatable bonds is 3. The molecule has 0 saturated heterocycles. The Labute approximate surface area is 82.6 Å². The van der Waals surface area contributed by atoms with Crippen LogP contribution >= 0.6 is 0 Å². The highest BCUT2D eigenvalue weighted by atomic mass is 16.3. The molecular weight excluding hydrogens is 176 g/mol. The summed E-state index contributed by atoms with van der Waals surface area (Å²) in [4.78, 5) is 0. The van der Waals surface area contributed by atoms with E-state index in [1.165, 1.54) is 0 Å². The quantitative estimate of drug-likeness (QED) is 0.793. The molecule has 0 aliphatic carbocycles. The summed E-state index contributed by atoms with van der Waals surface area (Å²) in [5.74, 6) is 0. The second kappa shape index (κ2) is 4.07. The number of aromatic nitrogens is 2. The van der Waals surface area contributed by atoms with Crippen molar-refractivity contribution < 1.29 is 5.11 Å². The summed E-state index contributed by atoms with van der Waals surface area (Å²) in [5.41, 5.74) is 2.04. The molecule has 0 aliphatic rings. The van der Waals surface area contributed by atoms with Gasteiger partial charge >= 0.3 is 0 Å². The standard InChI is InChI=1S/C11H12N2O/c14-9-8-13-7-6-11(12-13)10-4-2-1-3-5-10/h1-7,14H,8-9H2. The van der Waals surface area contributed by atoms with Gasteiger partial charge < -0.3 is 5.11 Å². The molecule has 0 atom stereocenters. The number of hydrogen-bond donors (Lipinski definition) is 1. The molecule has 2 aromatic rings. The Morgan fingerprint density at radius 3 is 2.64 bits per heavy atom. The lowest BCUT2D eigenvalue weighted by atomic mass is 10.2. The smallest absolute Gasteiger partial charge is 0.0923 e. The van der Waals surface area contributed by atoms with Gasteiger partial charge in [0, 0.05) is 11.8 Å². The Morgan fingerprint density at radius 1 is 1.14 bits per heavy atom. The molecule has 0 saturated carbocycles. The van der Waals surface area contributed by atoms with E-state index in [9.17, 15) is 0 Å². The van der Waals surface area contributed by atoms with Crippen molar-refractivity contribution in [2.75, 3.05) is 6.61 Å². The summed E-state index contributed by atoms with van der Waals surface area (Å²) in [6.45, 7) is 0.669. The molecule has 0 radical (unpaired) electrons. The molecule has 14 heavy (non-hydrogen) atoms. The zero-order valence-electron chi connectivity index (χ0n) is 7.80. The molecule has 2 rings (SSSR count). The van der Waals surface area contributed by atoms with Gasteiger partial charge in [0.25, 0.3) is 0 Å². The molecule has 3 nitrogen and oxygen atoms in total. The molecule has 1 aromatic heterocycles. The molecule has 0 spiro atoms. The van der Waals surface area contributed by atoms with Gasteiger partial charge in [0.1, 0.15) is 0 Å². The van der Waals surface area contributed by atoms with Crippen LogP contribution in [0, 0.1) is 0 Å². The molecule has 0 aliphatic heterocycles. The topological polar surface area (TPSA) is 38.0 Å². The van der Waals surface area contributed by atoms with Crippen LogP contribution in [0.4, 0.5) is 0 Å². The Morgan fingerprint density at radius 2 is 1.93 bits per heavy atom. The van der Waals surface area contributed by atoms with E-state index in [-0.39, 0.29) is 6.61 Å². The summed E-state index contributed by atoms with van der Waals surface area (Å²) < 4.78 is 1.74. The monoisotopic (exact) mass is 188 g/mol. The summed E-state index contributed by atoms with van der Waals surface area (Å²) >= 11 is 0. The van der Waals surface area contributed by atoms with E-state index >= 15 is 0 Å². The van der Waals surface area contributed by atoms with Crippen LogP contribution in [0.1, 0.15) is 0 Å². The maximum Gasteiger partial charge on any atom is 0.0923 e. The van der Waals surface area contributed by atoms with Gasteiger partial charge in [-0.15, -0.1) is 0 Å². The van der Waals surface area contributed by atoms with E-state index in [2.05, 4.69) is 5.10 Å². The van der Waals surface area contributed by atoms with E-state index in [0.29, 0.717) is 6.54 Å². The number of aliphatic hydroxyl groups excluding tert-OH is 1. The Bertz CT molecular complexity index is 395. The third-order valence-electron chi connectivity index (χ3n) is 2.04. The minimum Gasteiger partial charge on any atom is -0.394 e. The van der Waals surface area contributed by atoms with Crippen molar-refractivity contribution in [3.05, 3.63) is 42.6 Å². The molecule has 1 aromatic carbocycles.